The predicted molar refractivity (Wildman–Crippen MR) is 113 cm³/mol. The van der Waals surface area contributed by atoms with E-state index in [9.17, 15) is 8.42 Å². The molecule has 2 aromatic rings. The molecule has 1 fully saturated rings. The zero-order valence-corrected chi connectivity index (χ0v) is 18.0. The Morgan fingerprint density at radius 2 is 2.00 bits per heavy atom. The summed E-state index contributed by atoms with van der Waals surface area (Å²) in [6.07, 6.45) is 1.51. The molecule has 1 aliphatic heterocycles. The number of anilines is 3. The van der Waals surface area contributed by atoms with E-state index in [0.29, 0.717) is 56.1 Å². The van der Waals surface area contributed by atoms with Crippen LogP contribution in [0.2, 0.25) is 0 Å². The van der Waals surface area contributed by atoms with Gasteiger partial charge < -0.3 is 19.3 Å². The Morgan fingerprint density at radius 3 is 2.62 bits per heavy atom. The van der Waals surface area contributed by atoms with E-state index < -0.39 is 10.0 Å². The van der Waals surface area contributed by atoms with Crippen molar-refractivity contribution >= 4 is 27.5 Å². The van der Waals surface area contributed by atoms with E-state index in [0.717, 1.165) is 5.56 Å². The van der Waals surface area contributed by atoms with Crippen LogP contribution in [-0.4, -0.2) is 65.4 Å². The highest BCUT2D eigenvalue weighted by Gasteiger charge is 2.21. The molecule has 0 radical (unpaired) electrons. The van der Waals surface area contributed by atoms with Crippen LogP contribution in [-0.2, 0) is 14.8 Å². The van der Waals surface area contributed by atoms with Crippen molar-refractivity contribution in [1.82, 2.24) is 9.97 Å². The largest absolute Gasteiger partial charge is 0.494 e. The molecule has 0 atom stereocenters. The van der Waals surface area contributed by atoms with Crippen LogP contribution in [0.15, 0.2) is 29.3 Å². The fourth-order valence-electron chi connectivity index (χ4n) is 3.00. The third-order valence-corrected chi connectivity index (χ3v) is 5.84. The second kappa shape index (κ2) is 8.83. The summed E-state index contributed by atoms with van der Waals surface area (Å²) in [5.74, 6) is 1.71. The van der Waals surface area contributed by atoms with Crippen molar-refractivity contribution in [1.29, 1.82) is 0 Å². The molecule has 2 heterocycles. The lowest BCUT2D eigenvalue weighted by Crippen LogP contribution is -2.37. The second-order valence-electron chi connectivity index (χ2n) is 6.87. The molecule has 1 aromatic heterocycles. The minimum atomic E-state index is -3.81. The van der Waals surface area contributed by atoms with Gasteiger partial charge >= 0.3 is 0 Å². The molecule has 0 saturated carbocycles. The van der Waals surface area contributed by atoms with Crippen LogP contribution in [0, 0.1) is 6.92 Å². The van der Waals surface area contributed by atoms with E-state index in [1.54, 1.807) is 17.0 Å². The molecule has 1 saturated heterocycles. The van der Waals surface area contributed by atoms with Crippen molar-refractivity contribution in [3.05, 3.63) is 30.0 Å². The normalized spacial score (nSPS) is 14.6. The third-order valence-electron chi connectivity index (χ3n) is 4.47. The number of benzene rings is 1. The molecule has 0 unspecified atom stereocenters. The molecule has 0 spiro atoms. The Balaban J connectivity index is 1.88. The van der Waals surface area contributed by atoms with E-state index >= 15 is 0 Å². The number of ether oxygens (including phenoxy) is 2. The zero-order chi connectivity index (χ0) is 21.0. The first-order valence-electron chi connectivity index (χ1n) is 9.45. The summed E-state index contributed by atoms with van der Waals surface area (Å²) in [6.45, 7) is 6.85. The van der Waals surface area contributed by atoms with Gasteiger partial charge in [-0.1, -0.05) is 0 Å². The summed E-state index contributed by atoms with van der Waals surface area (Å²) in [5, 5.41) is 0. The molecule has 1 N–H and O–H groups in total. The lowest BCUT2D eigenvalue weighted by molar-refractivity contribution is 0.122. The maximum absolute atomic E-state index is 12.9. The Labute approximate surface area is 171 Å². The number of hydrogen-bond acceptors (Lipinski definition) is 8. The average molecular weight is 422 g/mol. The van der Waals surface area contributed by atoms with Crippen molar-refractivity contribution in [2.45, 2.75) is 18.7 Å². The van der Waals surface area contributed by atoms with Crippen LogP contribution in [0.25, 0.3) is 0 Å². The molecule has 9 nitrogen and oxygen atoms in total. The van der Waals surface area contributed by atoms with Crippen molar-refractivity contribution in [3.8, 4) is 5.75 Å². The zero-order valence-electron chi connectivity index (χ0n) is 17.2. The van der Waals surface area contributed by atoms with Crippen LogP contribution in [0.1, 0.15) is 12.5 Å². The molecule has 29 heavy (non-hydrogen) atoms. The number of hydrogen-bond donors (Lipinski definition) is 1. The Kier molecular flexibility index (Phi) is 6.43. The van der Waals surface area contributed by atoms with Gasteiger partial charge in [-0.3, -0.25) is 4.72 Å². The molecule has 0 aliphatic carbocycles. The number of nitrogens with zero attached hydrogens (tertiary/aromatic N) is 4. The molecule has 10 heteroatoms. The van der Waals surface area contributed by atoms with E-state index in [-0.39, 0.29) is 4.90 Å². The highest BCUT2D eigenvalue weighted by atomic mass is 32.2. The topological polar surface area (TPSA) is 96.9 Å². The van der Waals surface area contributed by atoms with E-state index in [2.05, 4.69) is 14.7 Å². The van der Waals surface area contributed by atoms with Gasteiger partial charge in [0.15, 0.2) is 5.82 Å². The van der Waals surface area contributed by atoms with Crippen LogP contribution < -0.4 is 19.3 Å². The number of aryl methyl sites for hydroxylation is 1. The summed E-state index contributed by atoms with van der Waals surface area (Å²) in [5.41, 5.74) is 1.07. The highest BCUT2D eigenvalue weighted by molar-refractivity contribution is 7.92. The molecular weight excluding hydrogens is 394 g/mol. The van der Waals surface area contributed by atoms with Crippen LogP contribution in [0.3, 0.4) is 0 Å². The smallest absolute Gasteiger partial charge is 0.262 e. The minimum Gasteiger partial charge on any atom is -0.494 e. The van der Waals surface area contributed by atoms with Crippen molar-refractivity contribution < 1.29 is 17.9 Å². The first-order valence-corrected chi connectivity index (χ1v) is 10.9. The van der Waals surface area contributed by atoms with Gasteiger partial charge in [-0.2, -0.15) is 4.98 Å². The molecule has 158 valence electrons. The lowest BCUT2D eigenvalue weighted by Gasteiger charge is -2.28. The van der Waals surface area contributed by atoms with Crippen LogP contribution in [0.4, 0.5) is 17.5 Å². The molecule has 0 amide bonds. The van der Waals surface area contributed by atoms with E-state index in [1.165, 1.54) is 12.3 Å². The summed E-state index contributed by atoms with van der Waals surface area (Å²) in [7, 11) is -0.188. The van der Waals surface area contributed by atoms with Crippen LogP contribution >= 0.6 is 0 Å². The summed E-state index contributed by atoms with van der Waals surface area (Å²) in [4.78, 5) is 12.9. The molecule has 0 bridgehead atoms. The Morgan fingerprint density at radius 1 is 1.28 bits per heavy atom. The maximum Gasteiger partial charge on any atom is 0.262 e. The second-order valence-corrected chi connectivity index (χ2v) is 8.55. The van der Waals surface area contributed by atoms with E-state index in [4.69, 9.17) is 9.47 Å². The summed E-state index contributed by atoms with van der Waals surface area (Å²) in [6, 6.07) is 4.78. The number of aromatic nitrogens is 2. The van der Waals surface area contributed by atoms with Gasteiger partial charge in [0.2, 0.25) is 5.95 Å². The number of nitrogens with one attached hydrogen (secondary N) is 1. The van der Waals surface area contributed by atoms with Gasteiger partial charge in [0.05, 0.1) is 30.9 Å². The predicted octanol–water partition coefficient (Wildman–Crippen LogP) is 1.89. The quantitative estimate of drug-likeness (QED) is 0.724. The lowest BCUT2D eigenvalue weighted by atomic mass is 10.2. The Hall–Kier alpha value is -2.59. The van der Waals surface area contributed by atoms with E-state index in [1.807, 2.05) is 32.8 Å². The summed E-state index contributed by atoms with van der Waals surface area (Å²) < 4.78 is 39.3. The van der Waals surface area contributed by atoms with Gasteiger partial charge in [-0.25, -0.2) is 13.4 Å². The standard InChI is InChI=1S/C19H27N5O4S/c1-5-28-17-7-6-15(12-14(17)2)29(25,26)22-16-13-20-19(21-18(16)23(3)4)24-8-10-27-11-9-24/h6-7,12-13,22H,5,8-11H2,1-4H3. The van der Waals surface area contributed by atoms with Crippen molar-refractivity contribution in [3.63, 3.8) is 0 Å². The molecule has 1 aromatic carbocycles. The fraction of sp³-hybridized carbons (Fsp3) is 0.474. The van der Waals surface area contributed by atoms with Gasteiger partial charge in [0.1, 0.15) is 11.4 Å². The third kappa shape index (κ3) is 4.88. The SMILES string of the molecule is CCOc1ccc(S(=O)(=O)Nc2cnc(N3CCOCC3)nc2N(C)C)cc1C. The van der Waals surface area contributed by atoms with Gasteiger partial charge in [-0.05, 0) is 37.6 Å². The van der Waals surface area contributed by atoms with Gasteiger partial charge in [0.25, 0.3) is 10.0 Å². The number of rotatable bonds is 7. The first kappa shape index (κ1) is 21.1. The van der Waals surface area contributed by atoms with Gasteiger partial charge in [-0.15, -0.1) is 0 Å². The van der Waals surface area contributed by atoms with Crippen LogP contribution in [0.5, 0.6) is 5.75 Å². The summed E-state index contributed by atoms with van der Waals surface area (Å²) >= 11 is 0. The monoisotopic (exact) mass is 421 g/mol. The maximum atomic E-state index is 12.9. The first-order chi connectivity index (χ1) is 13.8. The molecular formula is C19H27N5O4S. The van der Waals surface area contributed by atoms with Gasteiger partial charge in [0, 0.05) is 27.2 Å². The fourth-order valence-corrected chi connectivity index (χ4v) is 4.13. The number of sulfonamides is 1. The minimum absolute atomic E-state index is 0.153. The van der Waals surface area contributed by atoms with Crippen molar-refractivity contribution in [2.75, 3.05) is 61.5 Å². The molecule has 3 rings (SSSR count). The Bertz CT molecular complexity index is 959. The van der Waals surface area contributed by atoms with Crippen molar-refractivity contribution in [2.24, 2.45) is 0 Å². The number of morpholine rings is 1. The molecule has 1 aliphatic rings. The highest BCUT2D eigenvalue weighted by Crippen LogP contribution is 2.28. The average Bonchev–Trinajstić information content (AvgIpc) is 2.70.